The zero-order valence-corrected chi connectivity index (χ0v) is 10.7. The first kappa shape index (κ1) is 11.9. The molecule has 1 atom stereocenters. The molecule has 0 spiro atoms. The Bertz CT molecular complexity index is 580. The maximum Gasteiger partial charge on any atom is 0.160 e. The lowest BCUT2D eigenvalue weighted by Gasteiger charge is -2.11. The Morgan fingerprint density at radius 2 is 2.05 bits per heavy atom. The smallest absolute Gasteiger partial charge is 0.160 e. The number of aryl methyl sites for hydroxylation is 1. The number of ketones is 1. The van der Waals surface area contributed by atoms with E-state index in [1.54, 1.807) is 6.20 Å². The highest BCUT2D eigenvalue weighted by Crippen LogP contribution is 2.31. The van der Waals surface area contributed by atoms with Crippen molar-refractivity contribution in [3.05, 3.63) is 59.9 Å². The molecule has 0 bridgehead atoms. The third-order valence-corrected chi connectivity index (χ3v) is 3.59. The number of carbonyl (C=O) groups is 1. The largest absolute Gasteiger partial charge is 0.378 e. The third kappa shape index (κ3) is 2.50. The number of Topliss-reactive ketones (excluding diaryl/α,β-unsaturated/α-hetero) is 1. The number of benzene rings is 1. The van der Waals surface area contributed by atoms with Crippen molar-refractivity contribution in [1.29, 1.82) is 0 Å². The van der Waals surface area contributed by atoms with Gasteiger partial charge in [-0.15, -0.1) is 0 Å². The molecule has 1 aliphatic carbocycles. The first-order chi connectivity index (χ1) is 9.34. The van der Waals surface area contributed by atoms with Crippen LogP contribution in [0.1, 0.15) is 23.6 Å². The molecule has 0 aliphatic heterocycles. The van der Waals surface area contributed by atoms with Gasteiger partial charge in [0, 0.05) is 11.9 Å². The minimum absolute atomic E-state index is 0.0348. The quantitative estimate of drug-likeness (QED) is 0.909. The average molecular weight is 252 g/mol. The summed E-state index contributed by atoms with van der Waals surface area (Å²) in [7, 11) is 0. The lowest BCUT2D eigenvalue weighted by atomic mass is 10.0. The van der Waals surface area contributed by atoms with Crippen LogP contribution in [0.15, 0.2) is 48.7 Å². The fourth-order valence-electron chi connectivity index (χ4n) is 2.59. The molecule has 0 fully saturated rings. The van der Waals surface area contributed by atoms with Crippen molar-refractivity contribution in [2.45, 2.75) is 18.8 Å². The monoisotopic (exact) mass is 252 g/mol. The van der Waals surface area contributed by atoms with Gasteiger partial charge in [0.05, 0.1) is 18.2 Å². The standard InChI is InChI=1S/C16H16N2O/c19-15(11-18-13-6-2-1-3-7-13)14-9-8-12-5-4-10-17-16(12)14/h1-7,10,14,18H,8-9,11H2. The van der Waals surface area contributed by atoms with Crippen LogP contribution in [0.25, 0.3) is 0 Å². The summed E-state index contributed by atoms with van der Waals surface area (Å²) in [6.45, 7) is 0.366. The second-order valence-corrected chi connectivity index (χ2v) is 4.82. The van der Waals surface area contributed by atoms with Crippen LogP contribution < -0.4 is 5.32 Å². The Balaban J connectivity index is 1.66. The maximum atomic E-state index is 12.3. The van der Waals surface area contributed by atoms with Gasteiger partial charge in [0.1, 0.15) is 0 Å². The van der Waals surface area contributed by atoms with Crippen molar-refractivity contribution in [3.8, 4) is 0 Å². The first-order valence-corrected chi connectivity index (χ1v) is 6.60. The number of rotatable bonds is 4. The topological polar surface area (TPSA) is 42.0 Å². The van der Waals surface area contributed by atoms with E-state index in [1.807, 2.05) is 36.4 Å². The van der Waals surface area contributed by atoms with Gasteiger partial charge in [0.2, 0.25) is 0 Å². The number of anilines is 1. The molecular weight excluding hydrogens is 236 g/mol. The van der Waals surface area contributed by atoms with E-state index in [1.165, 1.54) is 5.56 Å². The Kier molecular flexibility index (Phi) is 3.27. The summed E-state index contributed by atoms with van der Waals surface area (Å²) < 4.78 is 0. The van der Waals surface area contributed by atoms with Gasteiger partial charge in [-0.25, -0.2) is 0 Å². The summed E-state index contributed by atoms with van der Waals surface area (Å²) in [6.07, 6.45) is 3.63. The minimum Gasteiger partial charge on any atom is -0.378 e. The molecule has 0 saturated carbocycles. The SMILES string of the molecule is O=C(CNc1ccccc1)C1CCc2cccnc21. The van der Waals surface area contributed by atoms with Crippen molar-refractivity contribution in [2.75, 3.05) is 11.9 Å². The van der Waals surface area contributed by atoms with Gasteiger partial charge in [-0.2, -0.15) is 0 Å². The van der Waals surface area contributed by atoms with Crippen molar-refractivity contribution in [3.63, 3.8) is 0 Å². The van der Waals surface area contributed by atoms with E-state index in [4.69, 9.17) is 0 Å². The van der Waals surface area contributed by atoms with Crippen LogP contribution in [0.4, 0.5) is 5.69 Å². The van der Waals surface area contributed by atoms with E-state index < -0.39 is 0 Å². The van der Waals surface area contributed by atoms with E-state index in [9.17, 15) is 4.79 Å². The van der Waals surface area contributed by atoms with Crippen LogP contribution in [0.5, 0.6) is 0 Å². The van der Waals surface area contributed by atoms with Crippen molar-refractivity contribution in [1.82, 2.24) is 4.98 Å². The number of aromatic nitrogens is 1. The minimum atomic E-state index is -0.0348. The highest BCUT2D eigenvalue weighted by Gasteiger charge is 2.29. The molecule has 1 aromatic heterocycles. The Morgan fingerprint density at radius 3 is 2.89 bits per heavy atom. The molecule has 1 aromatic carbocycles. The summed E-state index contributed by atoms with van der Waals surface area (Å²) in [6, 6.07) is 13.8. The van der Waals surface area contributed by atoms with Gasteiger partial charge in [-0.3, -0.25) is 9.78 Å². The summed E-state index contributed by atoms with van der Waals surface area (Å²) in [5.74, 6) is 0.189. The zero-order chi connectivity index (χ0) is 13.1. The molecular formula is C16H16N2O. The highest BCUT2D eigenvalue weighted by molar-refractivity contribution is 5.89. The predicted molar refractivity (Wildman–Crippen MR) is 75.2 cm³/mol. The van der Waals surface area contributed by atoms with E-state index in [-0.39, 0.29) is 11.7 Å². The number of para-hydroxylation sites is 1. The van der Waals surface area contributed by atoms with Crippen LogP contribution >= 0.6 is 0 Å². The van der Waals surface area contributed by atoms with Gasteiger partial charge in [-0.1, -0.05) is 24.3 Å². The Labute approximate surface area is 112 Å². The Morgan fingerprint density at radius 1 is 1.21 bits per heavy atom. The van der Waals surface area contributed by atoms with Crippen molar-refractivity contribution >= 4 is 11.5 Å². The van der Waals surface area contributed by atoms with Crippen molar-refractivity contribution in [2.24, 2.45) is 0 Å². The van der Waals surface area contributed by atoms with E-state index in [2.05, 4.69) is 16.4 Å². The molecule has 0 radical (unpaired) electrons. The number of hydrogen-bond acceptors (Lipinski definition) is 3. The lowest BCUT2D eigenvalue weighted by Crippen LogP contribution is -2.20. The van der Waals surface area contributed by atoms with Crippen molar-refractivity contribution < 1.29 is 4.79 Å². The van der Waals surface area contributed by atoms with E-state index in [0.717, 1.165) is 24.2 Å². The highest BCUT2D eigenvalue weighted by atomic mass is 16.1. The van der Waals surface area contributed by atoms with Gasteiger partial charge < -0.3 is 5.32 Å². The first-order valence-electron chi connectivity index (χ1n) is 6.60. The lowest BCUT2D eigenvalue weighted by molar-refractivity contribution is -0.118. The van der Waals surface area contributed by atoms with Gasteiger partial charge in [0.15, 0.2) is 5.78 Å². The summed E-state index contributed by atoms with van der Waals surface area (Å²) >= 11 is 0. The zero-order valence-electron chi connectivity index (χ0n) is 10.7. The van der Waals surface area contributed by atoms with Gasteiger partial charge >= 0.3 is 0 Å². The molecule has 3 nitrogen and oxygen atoms in total. The molecule has 3 rings (SSSR count). The number of nitrogens with zero attached hydrogens (tertiary/aromatic N) is 1. The summed E-state index contributed by atoms with van der Waals surface area (Å²) in [4.78, 5) is 16.6. The number of carbonyl (C=O) groups excluding carboxylic acids is 1. The van der Waals surface area contributed by atoms with Crippen LogP contribution in [-0.2, 0) is 11.2 Å². The number of fused-ring (bicyclic) bond motifs is 1. The fraction of sp³-hybridized carbons (Fsp3) is 0.250. The predicted octanol–water partition coefficient (Wildman–Crippen LogP) is 2.79. The summed E-state index contributed by atoms with van der Waals surface area (Å²) in [5.41, 5.74) is 3.18. The summed E-state index contributed by atoms with van der Waals surface area (Å²) in [5, 5.41) is 3.17. The van der Waals surface area contributed by atoms with Crippen LogP contribution in [-0.4, -0.2) is 17.3 Å². The number of nitrogens with one attached hydrogen (secondary N) is 1. The molecule has 3 heteroatoms. The normalized spacial score (nSPS) is 16.9. The molecule has 0 amide bonds. The number of pyridine rings is 1. The van der Waals surface area contributed by atoms with E-state index >= 15 is 0 Å². The average Bonchev–Trinajstić information content (AvgIpc) is 2.90. The second-order valence-electron chi connectivity index (χ2n) is 4.82. The van der Waals surface area contributed by atoms with Crippen LogP contribution in [0.3, 0.4) is 0 Å². The molecule has 1 N–H and O–H groups in total. The maximum absolute atomic E-state index is 12.3. The van der Waals surface area contributed by atoms with Crippen LogP contribution in [0.2, 0.25) is 0 Å². The molecule has 1 unspecified atom stereocenters. The van der Waals surface area contributed by atoms with Crippen LogP contribution in [0, 0.1) is 0 Å². The number of hydrogen-bond donors (Lipinski definition) is 1. The molecule has 0 saturated heterocycles. The fourth-order valence-corrected chi connectivity index (χ4v) is 2.59. The third-order valence-electron chi connectivity index (χ3n) is 3.59. The Hall–Kier alpha value is -2.16. The molecule has 1 heterocycles. The molecule has 2 aromatic rings. The molecule has 19 heavy (non-hydrogen) atoms. The second kappa shape index (κ2) is 5.22. The van der Waals surface area contributed by atoms with Gasteiger partial charge in [0.25, 0.3) is 0 Å². The molecule has 96 valence electrons. The van der Waals surface area contributed by atoms with Gasteiger partial charge in [-0.05, 0) is 36.6 Å². The van der Waals surface area contributed by atoms with E-state index in [0.29, 0.717) is 6.54 Å². The molecule has 1 aliphatic rings.